The molecule has 0 radical (unpaired) electrons. The van der Waals surface area contributed by atoms with Crippen LogP contribution in [0.4, 0.5) is 13.2 Å². The summed E-state index contributed by atoms with van der Waals surface area (Å²) in [5.41, 5.74) is 2.68. The van der Waals surface area contributed by atoms with E-state index in [4.69, 9.17) is 10.6 Å². The van der Waals surface area contributed by atoms with Crippen molar-refractivity contribution in [3.05, 3.63) is 59.2 Å². The summed E-state index contributed by atoms with van der Waals surface area (Å²) < 4.78 is 45.2. The molecule has 0 aliphatic heterocycles. The molecule has 0 aliphatic rings. The Kier molecular flexibility index (Phi) is 4.21. The molecule has 0 amide bonds. The molecule has 0 aliphatic carbocycles. The third-order valence-corrected chi connectivity index (χ3v) is 2.89. The van der Waals surface area contributed by atoms with Gasteiger partial charge in [-0.3, -0.25) is 10.8 Å². The first-order valence-electron chi connectivity index (χ1n) is 5.67. The van der Waals surface area contributed by atoms with E-state index in [1.165, 1.54) is 19.5 Å². The molecule has 2 rings (SSSR count). The van der Waals surface area contributed by atoms with Gasteiger partial charge in [0.05, 0.1) is 19.3 Å². The van der Waals surface area contributed by atoms with Crippen LogP contribution in [0.15, 0.2) is 30.6 Å². The number of nitrogens with zero attached hydrogens (tertiary/aromatic N) is 1. The fourth-order valence-corrected chi connectivity index (χ4v) is 1.91. The number of hydrogen-bond acceptors (Lipinski definition) is 4. The Balaban J connectivity index is 2.56. The summed E-state index contributed by atoms with van der Waals surface area (Å²) in [5, 5.41) is 0. The Morgan fingerprint density at radius 3 is 2.55 bits per heavy atom. The van der Waals surface area contributed by atoms with Gasteiger partial charge < -0.3 is 4.74 Å². The lowest BCUT2D eigenvalue weighted by Gasteiger charge is -2.19. The van der Waals surface area contributed by atoms with Crippen LogP contribution in [0, 0.1) is 17.5 Å². The first-order valence-corrected chi connectivity index (χ1v) is 5.67. The van der Waals surface area contributed by atoms with Crippen molar-refractivity contribution in [2.24, 2.45) is 5.84 Å². The van der Waals surface area contributed by atoms with Gasteiger partial charge in [0.2, 0.25) is 0 Å². The van der Waals surface area contributed by atoms with Gasteiger partial charge in [0.25, 0.3) is 0 Å². The zero-order valence-electron chi connectivity index (χ0n) is 10.5. The molecule has 0 saturated heterocycles. The van der Waals surface area contributed by atoms with Crippen molar-refractivity contribution in [1.82, 2.24) is 10.4 Å². The van der Waals surface area contributed by atoms with Crippen molar-refractivity contribution < 1.29 is 17.9 Å². The topological polar surface area (TPSA) is 60.2 Å². The predicted molar refractivity (Wildman–Crippen MR) is 66.3 cm³/mol. The maximum atomic E-state index is 13.9. The fraction of sp³-hybridized carbons (Fsp3) is 0.154. The van der Waals surface area contributed by atoms with E-state index in [1.807, 2.05) is 0 Å². The second kappa shape index (κ2) is 5.89. The van der Waals surface area contributed by atoms with Crippen LogP contribution < -0.4 is 16.0 Å². The molecular formula is C13H12F3N3O. The average molecular weight is 283 g/mol. The van der Waals surface area contributed by atoms with Crippen LogP contribution in [0.2, 0.25) is 0 Å². The van der Waals surface area contributed by atoms with Crippen LogP contribution in [0.25, 0.3) is 0 Å². The summed E-state index contributed by atoms with van der Waals surface area (Å²) in [6, 6.07) is 2.61. The van der Waals surface area contributed by atoms with Crippen LogP contribution in [0.5, 0.6) is 5.75 Å². The first kappa shape index (κ1) is 14.3. The van der Waals surface area contributed by atoms with Crippen molar-refractivity contribution in [2.75, 3.05) is 7.11 Å². The number of hydrazine groups is 1. The number of pyridine rings is 1. The number of methoxy groups -OCH3 is 1. The van der Waals surface area contributed by atoms with E-state index in [1.54, 1.807) is 6.07 Å². The van der Waals surface area contributed by atoms with Crippen LogP contribution >= 0.6 is 0 Å². The van der Waals surface area contributed by atoms with Gasteiger partial charge in [0.15, 0.2) is 17.5 Å². The molecule has 106 valence electrons. The van der Waals surface area contributed by atoms with Gasteiger partial charge in [-0.1, -0.05) is 6.07 Å². The standard InChI is InChI=1S/C13H12F3N3O/c1-20-10-6-18-5-4-7(10)13(19-17)8-2-3-9(14)12(16)11(8)15/h2-6,13,19H,17H2,1H3. The summed E-state index contributed by atoms with van der Waals surface area (Å²) in [6.07, 6.45) is 2.87. The lowest BCUT2D eigenvalue weighted by Crippen LogP contribution is -2.30. The zero-order chi connectivity index (χ0) is 14.7. The minimum Gasteiger partial charge on any atom is -0.495 e. The molecule has 0 bridgehead atoms. The van der Waals surface area contributed by atoms with E-state index >= 15 is 0 Å². The molecule has 1 aromatic heterocycles. The van der Waals surface area contributed by atoms with Gasteiger partial charge in [-0.05, 0) is 12.1 Å². The monoisotopic (exact) mass is 283 g/mol. The van der Waals surface area contributed by atoms with Gasteiger partial charge in [0.1, 0.15) is 5.75 Å². The summed E-state index contributed by atoms with van der Waals surface area (Å²) in [7, 11) is 1.41. The first-order chi connectivity index (χ1) is 9.60. The molecule has 1 aromatic carbocycles. The lowest BCUT2D eigenvalue weighted by molar-refractivity contribution is 0.398. The van der Waals surface area contributed by atoms with E-state index < -0.39 is 23.5 Å². The van der Waals surface area contributed by atoms with Crippen molar-refractivity contribution in [3.63, 3.8) is 0 Å². The van der Waals surface area contributed by atoms with Crippen LogP contribution in [0.1, 0.15) is 17.2 Å². The molecule has 0 spiro atoms. The van der Waals surface area contributed by atoms with E-state index in [0.717, 1.165) is 12.1 Å². The largest absolute Gasteiger partial charge is 0.495 e. The number of aromatic nitrogens is 1. The molecule has 1 atom stereocenters. The minimum absolute atomic E-state index is 0.129. The van der Waals surface area contributed by atoms with E-state index in [-0.39, 0.29) is 5.56 Å². The molecule has 0 fully saturated rings. The molecule has 1 unspecified atom stereocenters. The van der Waals surface area contributed by atoms with Crippen LogP contribution in [-0.4, -0.2) is 12.1 Å². The molecule has 0 saturated carbocycles. The van der Waals surface area contributed by atoms with Gasteiger partial charge >= 0.3 is 0 Å². The van der Waals surface area contributed by atoms with Crippen molar-refractivity contribution in [2.45, 2.75) is 6.04 Å². The maximum Gasteiger partial charge on any atom is 0.194 e. The van der Waals surface area contributed by atoms with E-state index in [0.29, 0.717) is 11.3 Å². The second-order valence-electron chi connectivity index (χ2n) is 3.98. The number of benzene rings is 1. The normalized spacial score (nSPS) is 12.2. The molecule has 7 heteroatoms. The Morgan fingerprint density at radius 2 is 1.90 bits per heavy atom. The molecule has 1 heterocycles. The fourth-order valence-electron chi connectivity index (χ4n) is 1.91. The van der Waals surface area contributed by atoms with Gasteiger partial charge in [-0.15, -0.1) is 0 Å². The van der Waals surface area contributed by atoms with Crippen LogP contribution in [0.3, 0.4) is 0 Å². The summed E-state index contributed by atoms with van der Waals surface area (Å²) >= 11 is 0. The number of rotatable bonds is 4. The highest BCUT2D eigenvalue weighted by Gasteiger charge is 2.23. The zero-order valence-corrected chi connectivity index (χ0v) is 10.5. The smallest absolute Gasteiger partial charge is 0.194 e. The lowest BCUT2D eigenvalue weighted by atomic mass is 9.98. The van der Waals surface area contributed by atoms with Crippen molar-refractivity contribution in [3.8, 4) is 5.75 Å². The van der Waals surface area contributed by atoms with Crippen molar-refractivity contribution >= 4 is 0 Å². The predicted octanol–water partition coefficient (Wildman–Crippen LogP) is 2.06. The maximum absolute atomic E-state index is 13.9. The highest BCUT2D eigenvalue weighted by atomic mass is 19.2. The third kappa shape index (κ3) is 2.45. The average Bonchev–Trinajstić information content (AvgIpc) is 2.48. The molecule has 2 aromatic rings. The highest BCUT2D eigenvalue weighted by molar-refractivity contribution is 5.40. The van der Waals surface area contributed by atoms with Crippen LogP contribution in [-0.2, 0) is 0 Å². The number of ether oxygens (including phenoxy) is 1. The van der Waals surface area contributed by atoms with Crippen molar-refractivity contribution in [1.29, 1.82) is 0 Å². The number of nitrogens with one attached hydrogen (secondary N) is 1. The Hall–Kier alpha value is -2.12. The Labute approximate surface area is 113 Å². The second-order valence-corrected chi connectivity index (χ2v) is 3.98. The molecular weight excluding hydrogens is 271 g/mol. The number of nitrogens with two attached hydrogens (primary N) is 1. The van der Waals surface area contributed by atoms with Gasteiger partial charge in [-0.25, -0.2) is 18.6 Å². The summed E-state index contributed by atoms with van der Waals surface area (Å²) in [5.74, 6) is 1.65. The summed E-state index contributed by atoms with van der Waals surface area (Å²) in [4.78, 5) is 3.86. The SMILES string of the molecule is COc1cnccc1C(NN)c1ccc(F)c(F)c1F. The Morgan fingerprint density at radius 1 is 1.15 bits per heavy atom. The van der Waals surface area contributed by atoms with Gasteiger partial charge in [-0.2, -0.15) is 0 Å². The number of hydrogen-bond donors (Lipinski definition) is 2. The summed E-state index contributed by atoms with van der Waals surface area (Å²) in [6.45, 7) is 0. The molecule has 3 N–H and O–H groups in total. The molecule has 4 nitrogen and oxygen atoms in total. The van der Waals surface area contributed by atoms with E-state index in [9.17, 15) is 13.2 Å². The third-order valence-electron chi connectivity index (χ3n) is 2.89. The highest BCUT2D eigenvalue weighted by Crippen LogP contribution is 2.31. The van der Waals surface area contributed by atoms with Gasteiger partial charge in [0, 0.05) is 17.3 Å². The Bertz CT molecular complexity index is 622. The van der Waals surface area contributed by atoms with E-state index in [2.05, 4.69) is 10.4 Å². The molecule has 20 heavy (non-hydrogen) atoms. The number of halogens is 3. The quantitative estimate of drug-likeness (QED) is 0.512. The minimum atomic E-state index is -1.55.